The van der Waals surface area contributed by atoms with Crippen LogP contribution in [-0.4, -0.2) is 23.9 Å². The number of nitrogens with zero attached hydrogens (tertiary/aromatic N) is 2. The van der Waals surface area contributed by atoms with Gasteiger partial charge in [0.25, 0.3) is 15.9 Å². The van der Waals surface area contributed by atoms with E-state index in [-0.39, 0.29) is 10.5 Å². The van der Waals surface area contributed by atoms with Crippen molar-refractivity contribution in [1.82, 2.24) is 14.3 Å². The van der Waals surface area contributed by atoms with Crippen LogP contribution in [0.4, 0.5) is 0 Å². The molecule has 1 N–H and O–H groups in total. The Balaban J connectivity index is 1.46. The molecule has 1 amide bonds. The number of fused-ring (bicyclic) bond motifs is 1. The molecule has 0 aliphatic heterocycles. The van der Waals surface area contributed by atoms with Crippen molar-refractivity contribution in [3.63, 3.8) is 0 Å². The third-order valence-corrected chi connectivity index (χ3v) is 7.45. The molecule has 36 heavy (non-hydrogen) atoms. The Bertz CT molecular complexity index is 1630. The second-order valence-corrected chi connectivity index (χ2v) is 10.1. The Morgan fingerprint density at radius 2 is 1.44 bits per heavy atom. The van der Waals surface area contributed by atoms with E-state index in [0.717, 1.165) is 28.0 Å². The molecule has 0 fully saturated rings. The van der Waals surface area contributed by atoms with Crippen molar-refractivity contribution < 1.29 is 13.2 Å². The molecular weight excluding hydrogens is 470 g/mol. The van der Waals surface area contributed by atoms with E-state index in [1.165, 1.54) is 12.1 Å². The standard InChI is InChI=1S/C29H25N3O3S/c1-2-27-30-28-25(29(33)31-36(34,35)24-12-7-4-8-13-24)14-9-15-26(28)32(27)20-21-16-18-23(19-17-21)22-10-5-3-6-11-22/h3-19H,2,20H2,1H3,(H,31,33). The van der Waals surface area contributed by atoms with Gasteiger partial charge in [-0.15, -0.1) is 0 Å². The van der Waals surface area contributed by atoms with Gasteiger partial charge in [-0.05, 0) is 41.0 Å². The van der Waals surface area contributed by atoms with Crippen LogP contribution in [0.25, 0.3) is 22.2 Å². The van der Waals surface area contributed by atoms with E-state index in [4.69, 9.17) is 4.98 Å². The van der Waals surface area contributed by atoms with Crippen LogP contribution in [0.1, 0.15) is 28.7 Å². The summed E-state index contributed by atoms with van der Waals surface area (Å²) in [6.45, 7) is 2.60. The fraction of sp³-hybridized carbons (Fsp3) is 0.103. The van der Waals surface area contributed by atoms with Crippen LogP contribution in [0.2, 0.25) is 0 Å². The van der Waals surface area contributed by atoms with Gasteiger partial charge in [0, 0.05) is 13.0 Å². The first-order chi connectivity index (χ1) is 17.5. The fourth-order valence-electron chi connectivity index (χ4n) is 4.28. The summed E-state index contributed by atoms with van der Waals surface area (Å²) in [4.78, 5) is 17.8. The van der Waals surface area contributed by atoms with E-state index in [9.17, 15) is 13.2 Å². The summed E-state index contributed by atoms with van der Waals surface area (Å²) in [5.41, 5.74) is 4.89. The van der Waals surface area contributed by atoms with E-state index in [1.807, 2.05) is 31.2 Å². The van der Waals surface area contributed by atoms with Crippen LogP contribution in [0.3, 0.4) is 0 Å². The molecular formula is C29H25N3O3S. The van der Waals surface area contributed by atoms with Crippen molar-refractivity contribution in [2.45, 2.75) is 24.8 Å². The molecule has 0 bridgehead atoms. The zero-order valence-corrected chi connectivity index (χ0v) is 20.6. The third kappa shape index (κ3) is 4.65. The molecule has 0 unspecified atom stereocenters. The van der Waals surface area contributed by atoms with Gasteiger partial charge in [0.2, 0.25) is 0 Å². The average Bonchev–Trinajstić information content (AvgIpc) is 3.27. The number of aryl methyl sites for hydroxylation is 1. The van der Waals surface area contributed by atoms with Gasteiger partial charge in [-0.25, -0.2) is 18.1 Å². The SMILES string of the molecule is CCc1nc2c(C(=O)NS(=O)(=O)c3ccccc3)cccc2n1Cc1ccc(-c2ccccc2)cc1. The maximum absolute atomic E-state index is 13.0. The highest BCUT2D eigenvalue weighted by molar-refractivity contribution is 7.90. The highest BCUT2D eigenvalue weighted by atomic mass is 32.2. The topological polar surface area (TPSA) is 81.1 Å². The molecule has 6 nitrogen and oxygen atoms in total. The van der Waals surface area contributed by atoms with Gasteiger partial charge in [0.15, 0.2) is 0 Å². The van der Waals surface area contributed by atoms with Crippen LogP contribution in [-0.2, 0) is 23.0 Å². The smallest absolute Gasteiger partial charge is 0.267 e. The summed E-state index contributed by atoms with van der Waals surface area (Å²) < 4.78 is 29.6. The van der Waals surface area contributed by atoms with Crippen LogP contribution in [0.15, 0.2) is 108 Å². The Morgan fingerprint density at radius 3 is 2.11 bits per heavy atom. The summed E-state index contributed by atoms with van der Waals surface area (Å²) in [6.07, 6.45) is 0.667. The lowest BCUT2D eigenvalue weighted by Gasteiger charge is -2.10. The average molecular weight is 496 g/mol. The zero-order valence-electron chi connectivity index (χ0n) is 19.8. The Hall–Kier alpha value is -4.23. The van der Waals surface area contributed by atoms with Crippen molar-refractivity contribution in [3.8, 4) is 11.1 Å². The van der Waals surface area contributed by atoms with Crippen LogP contribution in [0.5, 0.6) is 0 Å². The molecule has 180 valence electrons. The number of rotatable bonds is 7. The van der Waals surface area contributed by atoms with Crippen molar-refractivity contribution in [2.75, 3.05) is 0 Å². The van der Waals surface area contributed by atoms with Crippen LogP contribution >= 0.6 is 0 Å². The number of hydrogen-bond acceptors (Lipinski definition) is 4. The predicted octanol–water partition coefficient (Wildman–Crippen LogP) is 5.43. The quantitative estimate of drug-likeness (QED) is 0.326. The number of aromatic nitrogens is 2. The monoisotopic (exact) mass is 495 g/mol. The first kappa shape index (κ1) is 23.5. The first-order valence-electron chi connectivity index (χ1n) is 11.7. The fourth-order valence-corrected chi connectivity index (χ4v) is 5.26. The number of carbonyl (C=O) groups is 1. The van der Waals surface area contributed by atoms with Crippen molar-refractivity contribution in [1.29, 1.82) is 0 Å². The maximum Gasteiger partial charge on any atom is 0.267 e. The number of amides is 1. The van der Waals surface area contributed by atoms with E-state index >= 15 is 0 Å². The number of carbonyl (C=O) groups excluding carboxylic acids is 1. The van der Waals surface area contributed by atoms with Gasteiger partial charge >= 0.3 is 0 Å². The molecule has 1 aromatic heterocycles. The zero-order chi connectivity index (χ0) is 25.1. The second-order valence-electron chi connectivity index (χ2n) is 8.45. The normalized spacial score (nSPS) is 11.5. The highest BCUT2D eigenvalue weighted by Crippen LogP contribution is 2.24. The lowest BCUT2D eigenvalue weighted by molar-refractivity contribution is 0.0983. The molecule has 5 aromatic rings. The summed E-state index contributed by atoms with van der Waals surface area (Å²) in [5, 5.41) is 0. The molecule has 0 atom stereocenters. The van der Waals surface area contributed by atoms with E-state index < -0.39 is 15.9 Å². The second kappa shape index (κ2) is 9.79. The molecule has 0 aliphatic rings. The summed E-state index contributed by atoms with van der Waals surface area (Å²) in [6, 6.07) is 31.7. The Morgan fingerprint density at radius 1 is 0.806 bits per heavy atom. The minimum absolute atomic E-state index is 0.0317. The van der Waals surface area contributed by atoms with Gasteiger partial charge < -0.3 is 4.57 Å². The summed E-state index contributed by atoms with van der Waals surface area (Å²) in [5.74, 6) is 0.118. The van der Waals surface area contributed by atoms with Gasteiger partial charge in [-0.2, -0.15) is 0 Å². The van der Waals surface area contributed by atoms with E-state index in [1.54, 1.807) is 30.3 Å². The minimum atomic E-state index is -3.99. The van der Waals surface area contributed by atoms with Gasteiger partial charge in [0.05, 0.1) is 16.0 Å². The molecule has 7 heteroatoms. The highest BCUT2D eigenvalue weighted by Gasteiger charge is 2.22. The van der Waals surface area contributed by atoms with Gasteiger partial charge in [-0.1, -0.05) is 85.8 Å². The molecule has 4 aromatic carbocycles. The van der Waals surface area contributed by atoms with Crippen molar-refractivity contribution >= 4 is 27.0 Å². The number of para-hydroxylation sites is 1. The molecule has 1 heterocycles. The predicted molar refractivity (Wildman–Crippen MR) is 141 cm³/mol. The largest absolute Gasteiger partial charge is 0.323 e. The lowest BCUT2D eigenvalue weighted by Crippen LogP contribution is -2.30. The summed E-state index contributed by atoms with van der Waals surface area (Å²) in [7, 11) is -3.99. The number of nitrogens with one attached hydrogen (secondary N) is 1. The van der Waals surface area contributed by atoms with E-state index in [0.29, 0.717) is 18.5 Å². The first-order valence-corrected chi connectivity index (χ1v) is 13.2. The molecule has 0 saturated heterocycles. The minimum Gasteiger partial charge on any atom is -0.323 e. The number of hydrogen-bond donors (Lipinski definition) is 1. The van der Waals surface area contributed by atoms with Crippen LogP contribution in [0, 0.1) is 0 Å². The van der Waals surface area contributed by atoms with E-state index in [2.05, 4.69) is 45.7 Å². The number of imidazole rings is 1. The van der Waals surface area contributed by atoms with Crippen molar-refractivity contribution in [3.05, 3.63) is 120 Å². The molecule has 5 rings (SSSR count). The molecule has 0 saturated carbocycles. The third-order valence-electron chi connectivity index (χ3n) is 6.10. The number of sulfonamides is 1. The van der Waals surface area contributed by atoms with Crippen molar-refractivity contribution in [2.24, 2.45) is 0 Å². The molecule has 0 aliphatic carbocycles. The Labute approximate surface area is 210 Å². The van der Waals surface area contributed by atoms with Gasteiger partial charge in [0.1, 0.15) is 11.3 Å². The lowest BCUT2D eigenvalue weighted by atomic mass is 10.0. The molecule has 0 radical (unpaired) electrons. The summed E-state index contributed by atoms with van der Waals surface area (Å²) >= 11 is 0. The number of benzene rings is 4. The van der Waals surface area contributed by atoms with Crippen LogP contribution < -0.4 is 4.72 Å². The molecule has 0 spiro atoms. The Kier molecular flexibility index (Phi) is 6.40. The van der Waals surface area contributed by atoms with Gasteiger partial charge in [-0.3, -0.25) is 4.79 Å². The maximum atomic E-state index is 13.0.